The van der Waals surface area contributed by atoms with E-state index in [2.05, 4.69) is 113 Å². The average Bonchev–Trinajstić information content (AvgIpc) is 3.55. The van der Waals surface area contributed by atoms with Gasteiger partial charge in [0.05, 0.1) is 6.17 Å². The molecule has 0 atom stereocenters. The Balaban J connectivity index is 1.27. The molecule has 5 aromatic carbocycles. The first-order valence-corrected chi connectivity index (χ1v) is 12.6. The summed E-state index contributed by atoms with van der Waals surface area (Å²) in [5.41, 5.74) is 3.98. The Labute approximate surface area is 211 Å². The summed E-state index contributed by atoms with van der Waals surface area (Å²) in [4.78, 5) is 5.20. The van der Waals surface area contributed by atoms with Crippen molar-refractivity contribution in [2.45, 2.75) is 19.3 Å². The van der Waals surface area contributed by atoms with Crippen molar-refractivity contribution >= 4 is 21.5 Å². The molecule has 0 bridgehead atoms. The molecule has 0 aliphatic carbocycles. The molecule has 0 radical (unpaired) electrons. The maximum atomic E-state index is 5.76. The molecule has 0 N–H and O–H groups in total. The molecule has 0 spiro atoms. The number of benzene rings is 5. The number of hydrogen-bond donors (Lipinski definition) is 0. The van der Waals surface area contributed by atoms with Crippen molar-refractivity contribution < 1.29 is 9.47 Å². The van der Waals surface area contributed by atoms with Gasteiger partial charge < -0.3 is 9.47 Å². The highest BCUT2D eigenvalue weighted by Gasteiger charge is 2.34. The van der Waals surface area contributed by atoms with Gasteiger partial charge in [0, 0.05) is 26.2 Å². The Morgan fingerprint density at radius 1 is 0.583 bits per heavy atom. The molecule has 1 saturated heterocycles. The minimum Gasteiger partial charge on any atom is -0.454 e. The van der Waals surface area contributed by atoms with E-state index in [-0.39, 0.29) is 6.17 Å². The predicted octanol–water partition coefficient (Wildman–Crippen LogP) is 6.74. The van der Waals surface area contributed by atoms with Gasteiger partial charge in [0.1, 0.15) is 0 Å². The highest BCUT2D eigenvalue weighted by atomic mass is 16.7. The molecule has 0 saturated carbocycles. The van der Waals surface area contributed by atoms with Gasteiger partial charge in [-0.15, -0.1) is 0 Å². The van der Waals surface area contributed by atoms with Gasteiger partial charge in [-0.2, -0.15) is 0 Å². The van der Waals surface area contributed by atoms with Crippen LogP contribution in [0.15, 0.2) is 103 Å². The van der Waals surface area contributed by atoms with E-state index in [4.69, 9.17) is 9.47 Å². The number of rotatable bonds is 5. The summed E-state index contributed by atoms with van der Waals surface area (Å²) in [5, 5.41) is 5.25. The van der Waals surface area contributed by atoms with Crippen LogP contribution < -0.4 is 9.47 Å². The summed E-state index contributed by atoms with van der Waals surface area (Å²) in [6.45, 7) is 4.10. The van der Waals surface area contributed by atoms with Crippen molar-refractivity contribution in [2.24, 2.45) is 0 Å². The molecule has 0 unspecified atom stereocenters. The maximum absolute atomic E-state index is 5.76. The lowest BCUT2D eigenvalue weighted by molar-refractivity contribution is 0.126. The van der Waals surface area contributed by atoms with Crippen molar-refractivity contribution in [3.8, 4) is 11.5 Å². The summed E-state index contributed by atoms with van der Waals surface area (Å²) >= 11 is 0. The molecule has 2 heterocycles. The summed E-state index contributed by atoms with van der Waals surface area (Å²) < 4.78 is 11.4. The Hall–Kier alpha value is -3.86. The van der Waals surface area contributed by atoms with Gasteiger partial charge in [-0.05, 0) is 50.4 Å². The monoisotopic (exact) mass is 472 g/mol. The molecule has 0 amide bonds. The Morgan fingerprint density at radius 3 is 1.78 bits per heavy atom. The van der Waals surface area contributed by atoms with E-state index < -0.39 is 0 Å². The number of nitrogens with zero attached hydrogens (tertiary/aromatic N) is 2. The van der Waals surface area contributed by atoms with Crippen LogP contribution in [0.3, 0.4) is 0 Å². The SMILES string of the molecule is c1ccc2c(CN3CCN(Cc4cccc5ccccc45)C3c3ccc4c(c3)OCO4)cccc2c1. The van der Waals surface area contributed by atoms with Crippen LogP contribution >= 0.6 is 0 Å². The Bertz CT molecular complexity index is 1460. The topological polar surface area (TPSA) is 24.9 Å². The lowest BCUT2D eigenvalue weighted by Crippen LogP contribution is -2.30. The van der Waals surface area contributed by atoms with Gasteiger partial charge in [-0.3, -0.25) is 9.80 Å². The summed E-state index contributed by atoms with van der Waals surface area (Å²) in [6, 6.07) is 37.1. The van der Waals surface area contributed by atoms with Gasteiger partial charge in [0.2, 0.25) is 6.79 Å². The van der Waals surface area contributed by atoms with E-state index in [1.165, 1.54) is 38.2 Å². The minimum absolute atomic E-state index is 0.150. The largest absolute Gasteiger partial charge is 0.454 e. The van der Waals surface area contributed by atoms with Crippen LogP contribution in [-0.4, -0.2) is 29.7 Å². The molecule has 5 aromatic rings. The fourth-order valence-corrected chi connectivity index (χ4v) is 5.86. The third-order valence-electron chi connectivity index (χ3n) is 7.57. The predicted molar refractivity (Wildman–Crippen MR) is 144 cm³/mol. The van der Waals surface area contributed by atoms with Gasteiger partial charge in [0.15, 0.2) is 11.5 Å². The lowest BCUT2D eigenvalue weighted by atomic mass is 10.0. The van der Waals surface area contributed by atoms with E-state index in [1.807, 2.05) is 0 Å². The number of hydrogen-bond acceptors (Lipinski definition) is 4. The average molecular weight is 473 g/mol. The number of fused-ring (bicyclic) bond motifs is 3. The van der Waals surface area contributed by atoms with E-state index >= 15 is 0 Å². The first-order chi connectivity index (χ1) is 17.8. The van der Waals surface area contributed by atoms with Crippen LogP contribution in [-0.2, 0) is 13.1 Å². The van der Waals surface area contributed by atoms with E-state index in [0.717, 1.165) is 37.7 Å². The van der Waals surface area contributed by atoms with Gasteiger partial charge in [0.25, 0.3) is 0 Å². The van der Waals surface area contributed by atoms with Crippen LogP contribution in [0.5, 0.6) is 11.5 Å². The molecule has 4 heteroatoms. The van der Waals surface area contributed by atoms with Crippen molar-refractivity contribution in [1.82, 2.24) is 9.80 Å². The second-order valence-electron chi connectivity index (χ2n) is 9.70. The van der Waals surface area contributed by atoms with Crippen LogP contribution in [0.2, 0.25) is 0 Å². The van der Waals surface area contributed by atoms with Gasteiger partial charge >= 0.3 is 0 Å². The van der Waals surface area contributed by atoms with Crippen LogP contribution in [0, 0.1) is 0 Å². The smallest absolute Gasteiger partial charge is 0.231 e. The molecular formula is C32H28N2O2. The maximum Gasteiger partial charge on any atom is 0.231 e. The van der Waals surface area contributed by atoms with Crippen molar-refractivity contribution in [1.29, 1.82) is 0 Å². The molecule has 36 heavy (non-hydrogen) atoms. The Kier molecular flexibility index (Phi) is 5.34. The summed E-state index contributed by atoms with van der Waals surface area (Å²) in [7, 11) is 0. The van der Waals surface area contributed by atoms with Crippen molar-refractivity contribution in [3.05, 3.63) is 120 Å². The molecule has 7 rings (SSSR count). The lowest BCUT2D eigenvalue weighted by Gasteiger charge is -2.31. The quantitative estimate of drug-likeness (QED) is 0.283. The van der Waals surface area contributed by atoms with Crippen molar-refractivity contribution in [2.75, 3.05) is 19.9 Å². The molecular weight excluding hydrogens is 444 g/mol. The minimum atomic E-state index is 0.150. The fraction of sp³-hybridized carbons (Fsp3) is 0.188. The zero-order chi connectivity index (χ0) is 23.9. The molecule has 0 aromatic heterocycles. The zero-order valence-electron chi connectivity index (χ0n) is 20.1. The third kappa shape index (κ3) is 3.79. The van der Waals surface area contributed by atoms with E-state index in [0.29, 0.717) is 6.79 Å². The zero-order valence-corrected chi connectivity index (χ0v) is 20.1. The molecule has 4 nitrogen and oxygen atoms in total. The van der Waals surface area contributed by atoms with Crippen LogP contribution in [0.4, 0.5) is 0 Å². The normalized spacial score (nSPS) is 16.3. The second-order valence-corrected chi connectivity index (χ2v) is 9.70. The molecule has 2 aliphatic rings. The van der Waals surface area contributed by atoms with Crippen LogP contribution in [0.25, 0.3) is 21.5 Å². The summed E-state index contributed by atoms with van der Waals surface area (Å²) in [6.07, 6.45) is 0.150. The standard InChI is InChI=1S/C32H28N2O2/c1-3-13-28-23(7-1)9-5-11-26(28)20-33-17-18-34(21-27-12-6-10-24-8-2-4-14-29(24)27)32(33)25-15-16-30-31(19-25)36-22-35-30/h1-16,19,32H,17-18,20-22H2. The van der Waals surface area contributed by atoms with Crippen LogP contribution in [0.1, 0.15) is 22.9 Å². The molecule has 1 fully saturated rings. The third-order valence-corrected chi connectivity index (χ3v) is 7.57. The molecule has 178 valence electrons. The second kappa shape index (κ2) is 8.98. The fourth-order valence-electron chi connectivity index (χ4n) is 5.86. The first-order valence-electron chi connectivity index (χ1n) is 12.6. The Morgan fingerprint density at radius 2 is 1.14 bits per heavy atom. The number of ether oxygens (including phenoxy) is 2. The van der Waals surface area contributed by atoms with E-state index in [9.17, 15) is 0 Å². The van der Waals surface area contributed by atoms with Gasteiger partial charge in [-0.25, -0.2) is 0 Å². The van der Waals surface area contributed by atoms with Crippen molar-refractivity contribution in [3.63, 3.8) is 0 Å². The highest BCUT2D eigenvalue weighted by Crippen LogP contribution is 2.40. The summed E-state index contributed by atoms with van der Waals surface area (Å²) in [5.74, 6) is 1.67. The highest BCUT2D eigenvalue weighted by molar-refractivity contribution is 5.86. The van der Waals surface area contributed by atoms with E-state index in [1.54, 1.807) is 0 Å². The molecule has 2 aliphatic heterocycles. The first kappa shape index (κ1) is 21.4. The van der Waals surface area contributed by atoms with Gasteiger partial charge in [-0.1, -0.05) is 91.0 Å².